The zero-order valence-corrected chi connectivity index (χ0v) is 23.0. The highest BCUT2D eigenvalue weighted by atomic mass is 19.1. The Kier molecular flexibility index (Phi) is 9.71. The lowest BCUT2D eigenvalue weighted by molar-refractivity contribution is -0.307. The molecule has 1 unspecified atom stereocenters. The van der Waals surface area contributed by atoms with E-state index < -0.39 is 30.4 Å². The molecule has 1 saturated heterocycles. The molecule has 40 heavy (non-hydrogen) atoms. The number of carbonyl (C=O) groups excluding carboxylic acids is 2. The monoisotopic (exact) mass is 550 g/mol. The molecule has 3 aromatic rings. The van der Waals surface area contributed by atoms with E-state index in [-0.39, 0.29) is 30.6 Å². The number of aliphatic hydroxyl groups excluding tert-OH is 2. The summed E-state index contributed by atoms with van der Waals surface area (Å²) in [4.78, 5) is 26.6. The molecule has 0 aliphatic carbocycles. The highest BCUT2D eigenvalue weighted by Gasteiger charge is 2.32. The molecular formula is C31H37FN3O5-. The summed E-state index contributed by atoms with van der Waals surface area (Å²) in [6, 6.07) is 16.0. The molecule has 1 aromatic heterocycles. The van der Waals surface area contributed by atoms with E-state index in [0.717, 1.165) is 24.1 Å². The van der Waals surface area contributed by atoms with E-state index >= 15 is 0 Å². The molecular weight excluding hydrogens is 513 g/mol. The average molecular weight is 551 g/mol. The van der Waals surface area contributed by atoms with Crippen molar-refractivity contribution in [2.45, 2.75) is 76.4 Å². The Morgan fingerprint density at radius 1 is 1.07 bits per heavy atom. The fourth-order valence-electron chi connectivity index (χ4n) is 5.59. The number of hydrogen-bond donors (Lipinski definition) is 2. The number of halogens is 1. The number of nitrogens with zero attached hydrogens (tertiary/aromatic N) is 3. The Morgan fingerprint density at radius 3 is 2.42 bits per heavy atom. The molecule has 0 saturated carbocycles. The number of carbonyl (C=O) groups is 2. The van der Waals surface area contributed by atoms with Crippen LogP contribution in [0.2, 0.25) is 0 Å². The van der Waals surface area contributed by atoms with Gasteiger partial charge in [-0.1, -0.05) is 44.2 Å². The third-order valence-electron chi connectivity index (χ3n) is 7.51. The van der Waals surface area contributed by atoms with Gasteiger partial charge in [0.1, 0.15) is 5.82 Å². The van der Waals surface area contributed by atoms with Gasteiger partial charge in [-0.2, -0.15) is 5.10 Å². The number of rotatable bonds is 11. The second kappa shape index (κ2) is 13.2. The maximum atomic E-state index is 14.0. The number of carboxylic acids is 1. The molecule has 0 spiro atoms. The zero-order chi connectivity index (χ0) is 28.8. The Hall–Kier alpha value is -3.56. The molecule has 9 heteroatoms. The minimum Gasteiger partial charge on any atom is -0.550 e. The summed E-state index contributed by atoms with van der Waals surface area (Å²) in [6.45, 7) is 5.19. The first-order chi connectivity index (χ1) is 19.1. The largest absolute Gasteiger partial charge is 0.550 e. The summed E-state index contributed by atoms with van der Waals surface area (Å²) < 4.78 is 15.4. The predicted molar refractivity (Wildman–Crippen MR) is 147 cm³/mol. The molecule has 0 radical (unpaired) electrons. The van der Waals surface area contributed by atoms with Gasteiger partial charge in [0.25, 0.3) is 5.91 Å². The van der Waals surface area contributed by atoms with Gasteiger partial charge >= 0.3 is 0 Å². The lowest BCUT2D eigenvalue weighted by Gasteiger charge is -2.33. The summed E-state index contributed by atoms with van der Waals surface area (Å²) in [5, 5.41) is 36.0. The van der Waals surface area contributed by atoms with Gasteiger partial charge in [-0.05, 0) is 67.9 Å². The van der Waals surface area contributed by atoms with Gasteiger partial charge in [-0.15, -0.1) is 0 Å². The van der Waals surface area contributed by atoms with Crippen LogP contribution in [0.25, 0.3) is 5.69 Å². The molecule has 1 aliphatic rings. The number of carboxylic acid groups (broad SMARTS) is 1. The number of likely N-dealkylation sites (tertiary alicyclic amines) is 1. The van der Waals surface area contributed by atoms with Crippen LogP contribution in [0, 0.1) is 5.82 Å². The molecule has 1 fully saturated rings. The molecule has 4 rings (SSSR count). The minimum atomic E-state index is -1.38. The van der Waals surface area contributed by atoms with Crippen LogP contribution in [0.4, 0.5) is 4.39 Å². The lowest BCUT2D eigenvalue weighted by atomic mass is 9.90. The van der Waals surface area contributed by atoms with Crippen molar-refractivity contribution in [2.24, 2.45) is 0 Å². The van der Waals surface area contributed by atoms with Crippen LogP contribution in [0.1, 0.15) is 85.1 Å². The fraction of sp³-hybridized carbons (Fsp3) is 0.452. The maximum Gasteiger partial charge on any atom is 0.274 e. The maximum absolute atomic E-state index is 14.0. The van der Waals surface area contributed by atoms with Gasteiger partial charge in [0.15, 0.2) is 5.69 Å². The summed E-state index contributed by atoms with van der Waals surface area (Å²) >= 11 is 0. The topological polar surface area (TPSA) is 119 Å². The van der Waals surface area contributed by atoms with Crippen LogP contribution in [0.15, 0.2) is 54.6 Å². The van der Waals surface area contributed by atoms with Crippen LogP contribution in [-0.4, -0.2) is 62.1 Å². The number of aromatic nitrogens is 2. The van der Waals surface area contributed by atoms with Gasteiger partial charge < -0.3 is 25.0 Å². The first-order valence-corrected chi connectivity index (χ1v) is 13.9. The quantitative estimate of drug-likeness (QED) is 0.378. The SMILES string of the molecule is CC(C)c1c(C(=O)N2CCCC(c3ccccc3)C2)nn(-c2ccc(F)cc2)c1CC[C@@H](O)C[C@@H](O)CC(=O)[O-]. The Morgan fingerprint density at radius 2 is 1.77 bits per heavy atom. The van der Waals surface area contributed by atoms with Crippen LogP contribution in [-0.2, 0) is 11.2 Å². The fourth-order valence-corrected chi connectivity index (χ4v) is 5.59. The molecule has 1 amide bonds. The summed E-state index contributed by atoms with van der Waals surface area (Å²) in [5.41, 5.74) is 3.62. The minimum absolute atomic E-state index is 0.0707. The second-order valence-electron chi connectivity index (χ2n) is 10.9. The number of benzene rings is 2. The normalized spacial score (nSPS) is 17.1. The first kappa shape index (κ1) is 29.4. The van der Waals surface area contributed by atoms with Crippen molar-refractivity contribution >= 4 is 11.9 Å². The van der Waals surface area contributed by atoms with Crippen molar-refractivity contribution in [2.75, 3.05) is 13.1 Å². The van der Waals surface area contributed by atoms with E-state index in [1.54, 1.807) is 16.8 Å². The number of piperidine rings is 1. The van der Waals surface area contributed by atoms with Crippen molar-refractivity contribution in [3.63, 3.8) is 0 Å². The molecule has 2 N–H and O–H groups in total. The summed E-state index contributed by atoms with van der Waals surface area (Å²) in [7, 11) is 0. The van der Waals surface area contributed by atoms with E-state index in [1.165, 1.54) is 17.7 Å². The number of aliphatic hydroxyl groups is 2. The Bertz CT molecular complexity index is 1290. The average Bonchev–Trinajstić information content (AvgIpc) is 3.32. The molecule has 2 aromatic carbocycles. The van der Waals surface area contributed by atoms with E-state index in [1.807, 2.05) is 36.9 Å². The molecule has 0 bridgehead atoms. The van der Waals surface area contributed by atoms with E-state index in [4.69, 9.17) is 5.10 Å². The van der Waals surface area contributed by atoms with Crippen molar-refractivity contribution in [1.82, 2.24) is 14.7 Å². The van der Waals surface area contributed by atoms with Gasteiger partial charge in [-0.25, -0.2) is 9.07 Å². The lowest BCUT2D eigenvalue weighted by Crippen LogP contribution is -2.39. The molecule has 8 nitrogen and oxygen atoms in total. The Balaban J connectivity index is 1.65. The van der Waals surface area contributed by atoms with Gasteiger partial charge in [-0.3, -0.25) is 4.79 Å². The first-order valence-electron chi connectivity index (χ1n) is 13.9. The zero-order valence-electron chi connectivity index (χ0n) is 23.0. The van der Waals surface area contributed by atoms with E-state index in [2.05, 4.69) is 12.1 Å². The highest BCUT2D eigenvalue weighted by molar-refractivity contribution is 5.94. The third-order valence-corrected chi connectivity index (χ3v) is 7.51. The Labute approximate surface area is 234 Å². The summed E-state index contributed by atoms with van der Waals surface area (Å²) in [5.74, 6) is -1.76. The molecule has 3 atom stereocenters. The van der Waals surface area contributed by atoms with Crippen molar-refractivity contribution in [3.05, 3.63) is 82.9 Å². The van der Waals surface area contributed by atoms with Gasteiger partial charge in [0.05, 0.1) is 17.9 Å². The number of hydrogen-bond acceptors (Lipinski definition) is 6. The van der Waals surface area contributed by atoms with E-state index in [9.17, 15) is 29.3 Å². The highest BCUT2D eigenvalue weighted by Crippen LogP contribution is 2.32. The van der Waals surface area contributed by atoms with Crippen molar-refractivity contribution in [1.29, 1.82) is 0 Å². The van der Waals surface area contributed by atoms with Gasteiger partial charge in [0, 0.05) is 42.7 Å². The molecule has 214 valence electrons. The molecule has 1 aliphatic heterocycles. The summed E-state index contributed by atoms with van der Waals surface area (Å²) in [6.07, 6.45) is -0.452. The van der Waals surface area contributed by atoms with Gasteiger partial charge in [0.2, 0.25) is 0 Å². The van der Waals surface area contributed by atoms with Crippen molar-refractivity contribution in [3.8, 4) is 5.69 Å². The van der Waals surface area contributed by atoms with Crippen molar-refractivity contribution < 1.29 is 29.3 Å². The van der Waals surface area contributed by atoms with Crippen LogP contribution >= 0.6 is 0 Å². The second-order valence-corrected chi connectivity index (χ2v) is 10.9. The third kappa shape index (κ3) is 7.14. The van der Waals surface area contributed by atoms with Crippen LogP contribution in [0.3, 0.4) is 0 Å². The van der Waals surface area contributed by atoms with Crippen LogP contribution < -0.4 is 5.11 Å². The standard InChI is InChI=1S/C31H38FN3O5/c1-20(2)29-27(15-14-25(36)17-26(37)18-28(38)39)35(24-12-10-23(32)11-13-24)33-30(29)31(40)34-16-6-9-22(19-34)21-7-4-3-5-8-21/h3-5,7-8,10-13,20,22,25-26,36-37H,6,9,14-19H2,1-2H3,(H,38,39)/p-1/t22?,25-,26-/m1/s1. The van der Waals surface area contributed by atoms with Crippen LogP contribution in [0.5, 0.6) is 0 Å². The van der Waals surface area contributed by atoms with E-state index in [0.29, 0.717) is 30.9 Å². The number of aliphatic carboxylic acids is 1. The molecule has 2 heterocycles. The number of amides is 1. The smallest absolute Gasteiger partial charge is 0.274 e. The predicted octanol–water partition coefficient (Wildman–Crippen LogP) is 3.34.